The zero-order chi connectivity index (χ0) is 13.1. The minimum atomic E-state index is 0. The maximum Gasteiger partial charge on any atom is 0.108 e. The number of hydrogen-bond acceptors (Lipinski definition) is 4. The van der Waals surface area contributed by atoms with E-state index in [1.54, 1.807) is 0 Å². The Balaban J connectivity index is 0.00000110. The normalized spacial score (nSPS) is 15.1. The average molecular weight is 346 g/mol. The van der Waals surface area contributed by atoms with Crippen molar-refractivity contribution in [2.45, 2.75) is 13.5 Å². The van der Waals surface area contributed by atoms with Crippen molar-refractivity contribution in [3.8, 4) is 11.3 Å². The van der Waals surface area contributed by atoms with Crippen molar-refractivity contribution < 1.29 is 0 Å². The molecular weight excluding hydrogens is 325 g/mol. The van der Waals surface area contributed by atoms with Gasteiger partial charge in [0.1, 0.15) is 5.01 Å². The number of aryl methyl sites for hydroxylation is 1. The average Bonchev–Trinajstić information content (AvgIpc) is 2.82. The number of thiazole rings is 1. The molecule has 2 heterocycles. The molecule has 0 radical (unpaired) electrons. The zero-order valence-electron chi connectivity index (χ0n) is 12.0. The van der Waals surface area contributed by atoms with Gasteiger partial charge in [-0.05, 0) is 6.92 Å². The number of hydrogen-bond donors (Lipinski definition) is 1. The van der Waals surface area contributed by atoms with E-state index in [1.807, 2.05) is 17.4 Å². The molecule has 0 spiro atoms. The third-order valence-corrected chi connectivity index (χ3v) is 4.41. The summed E-state index contributed by atoms with van der Waals surface area (Å²) in [7, 11) is 0. The second-order valence-electron chi connectivity index (χ2n) is 4.90. The van der Waals surface area contributed by atoms with E-state index in [0.29, 0.717) is 0 Å². The highest BCUT2D eigenvalue weighted by Gasteiger charge is 2.14. The molecule has 1 aliphatic heterocycles. The Labute approximate surface area is 142 Å². The third kappa shape index (κ3) is 4.66. The van der Waals surface area contributed by atoms with E-state index < -0.39 is 0 Å². The number of nitrogens with one attached hydrogen (secondary N) is 1. The van der Waals surface area contributed by atoms with Gasteiger partial charge in [-0.15, -0.1) is 36.2 Å². The molecule has 21 heavy (non-hydrogen) atoms. The molecule has 1 aliphatic rings. The van der Waals surface area contributed by atoms with Crippen LogP contribution in [0.25, 0.3) is 11.3 Å². The van der Waals surface area contributed by atoms with Gasteiger partial charge in [0.15, 0.2) is 0 Å². The Kier molecular flexibility index (Phi) is 7.63. The molecule has 0 atom stereocenters. The van der Waals surface area contributed by atoms with E-state index in [9.17, 15) is 0 Å². The van der Waals surface area contributed by atoms with Crippen LogP contribution in [-0.2, 0) is 6.54 Å². The van der Waals surface area contributed by atoms with Crippen molar-refractivity contribution in [1.29, 1.82) is 0 Å². The van der Waals surface area contributed by atoms with Crippen molar-refractivity contribution >= 4 is 36.2 Å². The maximum absolute atomic E-state index is 4.83. The van der Waals surface area contributed by atoms with Crippen molar-refractivity contribution in [3.05, 3.63) is 40.2 Å². The van der Waals surface area contributed by atoms with E-state index in [2.05, 4.69) is 41.4 Å². The first kappa shape index (κ1) is 18.4. The Morgan fingerprint density at radius 3 is 2.48 bits per heavy atom. The summed E-state index contributed by atoms with van der Waals surface area (Å²) in [6.07, 6.45) is 0. The molecular formula is C15H21Cl2N3S. The maximum atomic E-state index is 4.83. The molecule has 0 amide bonds. The molecule has 1 saturated heterocycles. The molecule has 0 aliphatic carbocycles. The van der Waals surface area contributed by atoms with Crippen molar-refractivity contribution in [2.24, 2.45) is 0 Å². The number of piperazine rings is 1. The van der Waals surface area contributed by atoms with Crippen LogP contribution in [0.5, 0.6) is 0 Å². The Morgan fingerprint density at radius 2 is 1.81 bits per heavy atom. The molecule has 116 valence electrons. The monoisotopic (exact) mass is 345 g/mol. The summed E-state index contributed by atoms with van der Waals surface area (Å²) in [6.45, 7) is 7.59. The first-order valence-electron chi connectivity index (χ1n) is 6.78. The van der Waals surface area contributed by atoms with Gasteiger partial charge in [-0.2, -0.15) is 0 Å². The largest absolute Gasteiger partial charge is 0.314 e. The summed E-state index contributed by atoms with van der Waals surface area (Å²) >= 11 is 1.83. The smallest absolute Gasteiger partial charge is 0.108 e. The van der Waals surface area contributed by atoms with E-state index in [-0.39, 0.29) is 24.8 Å². The van der Waals surface area contributed by atoms with Gasteiger partial charge in [-0.25, -0.2) is 4.98 Å². The van der Waals surface area contributed by atoms with Crippen molar-refractivity contribution in [2.75, 3.05) is 26.2 Å². The van der Waals surface area contributed by atoms with Crippen LogP contribution in [0.15, 0.2) is 30.3 Å². The summed E-state index contributed by atoms with van der Waals surface area (Å²) in [5.74, 6) is 0. The highest BCUT2D eigenvalue weighted by Crippen LogP contribution is 2.27. The van der Waals surface area contributed by atoms with E-state index in [4.69, 9.17) is 4.98 Å². The van der Waals surface area contributed by atoms with Gasteiger partial charge in [-0.3, -0.25) is 4.90 Å². The van der Waals surface area contributed by atoms with E-state index in [0.717, 1.165) is 38.4 Å². The molecule has 6 heteroatoms. The van der Waals surface area contributed by atoms with Gasteiger partial charge >= 0.3 is 0 Å². The Morgan fingerprint density at radius 1 is 1.14 bits per heavy atom. The molecule has 0 saturated carbocycles. The second kappa shape index (κ2) is 8.71. The van der Waals surface area contributed by atoms with Gasteiger partial charge in [0.05, 0.1) is 12.2 Å². The predicted octanol–water partition coefficient (Wildman–Crippen LogP) is 3.37. The Bertz CT molecular complexity index is 539. The summed E-state index contributed by atoms with van der Waals surface area (Å²) in [6, 6.07) is 10.5. The van der Waals surface area contributed by atoms with Crippen LogP contribution in [0.4, 0.5) is 0 Å². The lowest BCUT2D eigenvalue weighted by molar-refractivity contribution is 0.233. The second-order valence-corrected chi connectivity index (χ2v) is 6.19. The van der Waals surface area contributed by atoms with E-state index >= 15 is 0 Å². The lowest BCUT2D eigenvalue weighted by Crippen LogP contribution is -2.42. The summed E-state index contributed by atoms with van der Waals surface area (Å²) in [4.78, 5) is 8.62. The van der Waals surface area contributed by atoms with Crippen LogP contribution in [0, 0.1) is 6.92 Å². The first-order chi connectivity index (χ1) is 9.33. The highest BCUT2D eigenvalue weighted by atomic mass is 35.5. The van der Waals surface area contributed by atoms with Crippen LogP contribution < -0.4 is 5.32 Å². The minimum Gasteiger partial charge on any atom is -0.314 e. The van der Waals surface area contributed by atoms with E-state index in [1.165, 1.54) is 15.4 Å². The summed E-state index contributed by atoms with van der Waals surface area (Å²) in [5, 5.41) is 4.62. The van der Waals surface area contributed by atoms with Crippen molar-refractivity contribution in [1.82, 2.24) is 15.2 Å². The fourth-order valence-corrected chi connectivity index (χ4v) is 3.44. The number of nitrogens with zero attached hydrogens (tertiary/aromatic N) is 2. The van der Waals surface area contributed by atoms with Gasteiger partial charge < -0.3 is 5.32 Å². The standard InChI is InChI=1S/C15H19N3S.2ClH/c1-12-15(13-5-3-2-4-6-13)17-14(19-12)11-18-9-7-16-8-10-18;;/h2-6,16H,7-11H2,1H3;2*1H. The first-order valence-corrected chi connectivity index (χ1v) is 7.59. The third-order valence-electron chi connectivity index (χ3n) is 3.46. The number of aromatic nitrogens is 1. The fourth-order valence-electron chi connectivity index (χ4n) is 2.44. The molecule has 0 bridgehead atoms. The molecule has 1 aromatic heterocycles. The van der Waals surface area contributed by atoms with Crippen LogP contribution in [-0.4, -0.2) is 36.1 Å². The number of rotatable bonds is 3. The van der Waals surface area contributed by atoms with Gasteiger partial charge in [0.2, 0.25) is 0 Å². The lowest BCUT2D eigenvalue weighted by atomic mass is 10.1. The predicted molar refractivity (Wildman–Crippen MR) is 94.9 cm³/mol. The highest BCUT2D eigenvalue weighted by molar-refractivity contribution is 7.12. The molecule has 3 nitrogen and oxygen atoms in total. The zero-order valence-corrected chi connectivity index (χ0v) is 14.5. The topological polar surface area (TPSA) is 28.2 Å². The van der Waals surface area contributed by atoms with Crippen LogP contribution in [0.1, 0.15) is 9.88 Å². The summed E-state index contributed by atoms with van der Waals surface area (Å²) in [5.41, 5.74) is 2.37. The molecule has 1 aromatic carbocycles. The van der Waals surface area contributed by atoms with Crippen LogP contribution in [0.2, 0.25) is 0 Å². The molecule has 3 rings (SSSR count). The van der Waals surface area contributed by atoms with Gasteiger partial charge in [0.25, 0.3) is 0 Å². The number of benzene rings is 1. The number of halogens is 2. The molecule has 0 unspecified atom stereocenters. The lowest BCUT2D eigenvalue weighted by Gasteiger charge is -2.26. The molecule has 1 N–H and O–H groups in total. The SMILES string of the molecule is Cc1sc(CN2CCNCC2)nc1-c1ccccc1.Cl.Cl. The van der Waals surface area contributed by atoms with Crippen LogP contribution in [0.3, 0.4) is 0 Å². The molecule has 2 aromatic rings. The summed E-state index contributed by atoms with van der Waals surface area (Å²) < 4.78 is 0. The molecule has 1 fully saturated rings. The van der Waals surface area contributed by atoms with Crippen molar-refractivity contribution in [3.63, 3.8) is 0 Å². The minimum absolute atomic E-state index is 0. The van der Waals surface area contributed by atoms with Gasteiger partial charge in [-0.1, -0.05) is 30.3 Å². The Hall–Kier alpha value is -0.650. The fraction of sp³-hybridized carbons (Fsp3) is 0.400. The van der Waals surface area contributed by atoms with Gasteiger partial charge in [0, 0.05) is 36.6 Å². The quantitative estimate of drug-likeness (QED) is 0.924. The van der Waals surface area contributed by atoms with Crippen LogP contribution >= 0.6 is 36.2 Å².